The molecule has 0 bridgehead atoms. The van der Waals surface area contributed by atoms with E-state index in [-0.39, 0.29) is 15.8 Å². The van der Waals surface area contributed by atoms with E-state index in [1.54, 1.807) is 24.3 Å². The number of thiocarbonyl (C=S) groups is 1. The molecule has 2 N–H and O–H groups in total. The smallest absolute Gasteiger partial charge is 0.289 e. The van der Waals surface area contributed by atoms with Gasteiger partial charge in [-0.15, -0.1) is 0 Å². The van der Waals surface area contributed by atoms with Gasteiger partial charge in [-0.1, -0.05) is 34.8 Å². The van der Waals surface area contributed by atoms with Crippen molar-refractivity contribution in [1.82, 2.24) is 0 Å². The molecule has 0 aliphatic heterocycles. The van der Waals surface area contributed by atoms with Crippen LogP contribution in [-0.4, -0.2) is 10.0 Å². The molecule has 0 unspecified atom stereocenters. The van der Waals surface area contributed by atoms with E-state index < -0.39 is 4.92 Å². The lowest BCUT2D eigenvalue weighted by molar-refractivity contribution is -0.384. The first-order valence-corrected chi connectivity index (χ1v) is 7.38. The lowest BCUT2D eigenvalue weighted by atomic mass is 10.3. The van der Waals surface area contributed by atoms with E-state index in [0.717, 1.165) is 0 Å². The van der Waals surface area contributed by atoms with Gasteiger partial charge in [0.1, 0.15) is 5.02 Å². The second-order valence-electron chi connectivity index (χ2n) is 4.13. The number of rotatable bonds is 3. The summed E-state index contributed by atoms with van der Waals surface area (Å²) in [5.41, 5.74) is 0.869. The highest BCUT2D eigenvalue weighted by Crippen LogP contribution is 2.28. The molecule has 0 aliphatic rings. The van der Waals surface area contributed by atoms with Crippen LogP contribution in [-0.2, 0) is 0 Å². The van der Waals surface area contributed by atoms with Gasteiger partial charge in [0.25, 0.3) is 5.69 Å². The number of hydrogen-bond donors (Lipinski definition) is 2. The van der Waals surface area contributed by atoms with Crippen molar-refractivity contribution >= 4 is 69.2 Å². The zero-order valence-corrected chi connectivity index (χ0v) is 13.9. The van der Waals surface area contributed by atoms with Gasteiger partial charge in [-0.25, -0.2) is 0 Å². The van der Waals surface area contributed by atoms with Crippen molar-refractivity contribution in [3.8, 4) is 0 Å². The van der Waals surface area contributed by atoms with E-state index >= 15 is 0 Å². The fourth-order valence-electron chi connectivity index (χ4n) is 1.60. The maximum atomic E-state index is 10.8. The maximum absolute atomic E-state index is 10.8. The molecular formula is C13H8Cl3N3O2S. The average molecular weight is 377 g/mol. The predicted octanol–water partition coefficient (Wildman–Crippen LogP) is 5.36. The zero-order chi connectivity index (χ0) is 16.3. The highest BCUT2D eigenvalue weighted by molar-refractivity contribution is 7.80. The summed E-state index contributed by atoms with van der Waals surface area (Å²) in [6.45, 7) is 0. The quantitative estimate of drug-likeness (QED) is 0.428. The minimum atomic E-state index is -0.567. The Bertz CT molecular complexity index is 755. The molecule has 0 amide bonds. The first-order chi connectivity index (χ1) is 10.4. The van der Waals surface area contributed by atoms with Crippen LogP contribution in [0.4, 0.5) is 17.1 Å². The second-order valence-corrected chi connectivity index (χ2v) is 5.76. The van der Waals surface area contributed by atoms with Crippen LogP contribution in [0, 0.1) is 10.1 Å². The molecule has 0 fully saturated rings. The number of nitrogens with zero attached hydrogens (tertiary/aromatic N) is 1. The van der Waals surface area contributed by atoms with Gasteiger partial charge >= 0.3 is 0 Å². The molecule has 0 spiro atoms. The Labute approximate surface area is 146 Å². The summed E-state index contributed by atoms with van der Waals surface area (Å²) < 4.78 is 0. The topological polar surface area (TPSA) is 67.2 Å². The normalized spacial score (nSPS) is 10.1. The van der Waals surface area contributed by atoms with Crippen LogP contribution in [0.25, 0.3) is 0 Å². The van der Waals surface area contributed by atoms with E-state index in [1.807, 2.05) is 0 Å². The van der Waals surface area contributed by atoms with Crippen molar-refractivity contribution in [2.75, 3.05) is 10.6 Å². The summed E-state index contributed by atoms with van der Waals surface area (Å²) in [7, 11) is 0. The van der Waals surface area contributed by atoms with Gasteiger partial charge < -0.3 is 10.6 Å². The van der Waals surface area contributed by atoms with E-state index in [0.29, 0.717) is 21.4 Å². The van der Waals surface area contributed by atoms with Crippen LogP contribution >= 0.6 is 47.0 Å². The number of anilines is 2. The summed E-state index contributed by atoms with van der Waals surface area (Å²) in [6.07, 6.45) is 0. The van der Waals surface area contributed by atoms with Crippen molar-refractivity contribution in [2.24, 2.45) is 0 Å². The third kappa shape index (κ3) is 4.20. The number of halogens is 3. The first-order valence-electron chi connectivity index (χ1n) is 5.84. The largest absolute Gasteiger partial charge is 0.332 e. The Balaban J connectivity index is 2.10. The Kier molecular flexibility index (Phi) is 5.42. The molecule has 0 saturated heterocycles. The SMILES string of the molecule is O=[N+]([O-])c1cc(NC(=S)Nc2ccc(Cl)c(Cl)c2)ccc1Cl. The minimum absolute atomic E-state index is 0.0545. The summed E-state index contributed by atoms with van der Waals surface area (Å²) in [5.74, 6) is 0. The van der Waals surface area contributed by atoms with Gasteiger partial charge in [-0.05, 0) is 42.5 Å². The van der Waals surface area contributed by atoms with E-state index in [2.05, 4.69) is 10.6 Å². The standard InChI is InChI=1S/C13H8Cl3N3O2S/c14-9-3-1-7(5-11(9)16)17-13(22)18-8-2-4-10(15)12(6-8)19(20)21/h1-6H,(H2,17,18,22). The molecule has 114 valence electrons. The number of nitro benzene ring substituents is 1. The molecule has 0 radical (unpaired) electrons. The van der Waals surface area contributed by atoms with Gasteiger partial charge in [0.15, 0.2) is 5.11 Å². The highest BCUT2D eigenvalue weighted by atomic mass is 35.5. The molecule has 0 atom stereocenters. The van der Waals surface area contributed by atoms with Crippen LogP contribution in [0.1, 0.15) is 0 Å². The molecule has 2 aromatic rings. The fraction of sp³-hybridized carbons (Fsp3) is 0. The molecule has 22 heavy (non-hydrogen) atoms. The monoisotopic (exact) mass is 375 g/mol. The van der Waals surface area contributed by atoms with Crippen molar-refractivity contribution in [3.05, 3.63) is 61.6 Å². The van der Waals surface area contributed by atoms with Gasteiger partial charge in [0.2, 0.25) is 0 Å². The maximum Gasteiger partial charge on any atom is 0.289 e. The van der Waals surface area contributed by atoms with Gasteiger partial charge in [0, 0.05) is 17.4 Å². The van der Waals surface area contributed by atoms with Crippen molar-refractivity contribution in [2.45, 2.75) is 0 Å². The van der Waals surface area contributed by atoms with Crippen molar-refractivity contribution in [3.63, 3.8) is 0 Å². The number of nitro groups is 1. The second kappa shape index (κ2) is 7.11. The average Bonchev–Trinajstić information content (AvgIpc) is 2.44. The van der Waals surface area contributed by atoms with E-state index in [9.17, 15) is 10.1 Å². The Morgan fingerprint density at radius 1 is 0.955 bits per heavy atom. The molecule has 2 rings (SSSR count). The van der Waals surface area contributed by atoms with Gasteiger partial charge in [0.05, 0.1) is 15.0 Å². The lowest BCUT2D eigenvalue weighted by Crippen LogP contribution is -2.19. The minimum Gasteiger partial charge on any atom is -0.332 e. The van der Waals surface area contributed by atoms with Crippen LogP contribution < -0.4 is 10.6 Å². The third-order valence-corrected chi connectivity index (χ3v) is 3.84. The van der Waals surface area contributed by atoms with Crippen molar-refractivity contribution < 1.29 is 4.92 Å². The number of benzene rings is 2. The van der Waals surface area contributed by atoms with Crippen LogP contribution in [0.2, 0.25) is 15.1 Å². The molecular weight excluding hydrogens is 369 g/mol. The lowest BCUT2D eigenvalue weighted by Gasteiger charge is -2.11. The number of hydrogen-bond acceptors (Lipinski definition) is 3. The third-order valence-electron chi connectivity index (χ3n) is 2.58. The zero-order valence-electron chi connectivity index (χ0n) is 10.8. The molecule has 2 aromatic carbocycles. The van der Waals surface area contributed by atoms with Crippen LogP contribution in [0.5, 0.6) is 0 Å². The summed E-state index contributed by atoms with van der Waals surface area (Å²) in [4.78, 5) is 10.3. The Morgan fingerprint density at radius 3 is 2.05 bits per heavy atom. The number of nitrogens with one attached hydrogen (secondary N) is 2. The molecule has 0 aromatic heterocycles. The fourth-order valence-corrected chi connectivity index (χ4v) is 2.32. The van der Waals surface area contributed by atoms with Gasteiger partial charge in [-0.3, -0.25) is 10.1 Å². The summed E-state index contributed by atoms with van der Waals surface area (Å²) in [5, 5.41) is 17.7. The van der Waals surface area contributed by atoms with E-state index in [4.69, 9.17) is 47.0 Å². The predicted molar refractivity (Wildman–Crippen MR) is 94.4 cm³/mol. The van der Waals surface area contributed by atoms with Crippen LogP contribution in [0.3, 0.4) is 0 Å². The Hall–Kier alpha value is -1.60. The van der Waals surface area contributed by atoms with Crippen LogP contribution in [0.15, 0.2) is 36.4 Å². The van der Waals surface area contributed by atoms with E-state index in [1.165, 1.54) is 12.1 Å². The first kappa shape index (κ1) is 16.8. The molecule has 9 heteroatoms. The Morgan fingerprint density at radius 2 is 1.50 bits per heavy atom. The highest BCUT2D eigenvalue weighted by Gasteiger charge is 2.13. The summed E-state index contributed by atoms with van der Waals surface area (Å²) >= 11 is 22.6. The summed E-state index contributed by atoms with van der Waals surface area (Å²) in [6, 6.07) is 9.24. The molecule has 0 saturated carbocycles. The molecule has 5 nitrogen and oxygen atoms in total. The van der Waals surface area contributed by atoms with Gasteiger partial charge in [-0.2, -0.15) is 0 Å². The molecule has 0 heterocycles. The molecule has 0 aliphatic carbocycles. The van der Waals surface area contributed by atoms with Crippen molar-refractivity contribution in [1.29, 1.82) is 0 Å².